The van der Waals surface area contributed by atoms with E-state index in [4.69, 9.17) is 10.2 Å². The van der Waals surface area contributed by atoms with Gasteiger partial charge in [-0.1, -0.05) is 0 Å². The van der Waals surface area contributed by atoms with Crippen molar-refractivity contribution in [1.82, 2.24) is 4.90 Å². The number of rotatable bonds is 1. The van der Waals surface area contributed by atoms with E-state index in [0.717, 1.165) is 18.7 Å². The lowest BCUT2D eigenvalue weighted by atomic mass is 10.1. The Bertz CT molecular complexity index is 204. The molecule has 0 aromatic rings. The first-order valence-corrected chi connectivity index (χ1v) is 4.17. The van der Waals surface area contributed by atoms with E-state index in [1.807, 2.05) is 0 Å². The van der Waals surface area contributed by atoms with Crippen LogP contribution in [-0.2, 0) is 4.79 Å². The van der Waals surface area contributed by atoms with Gasteiger partial charge in [-0.3, -0.25) is 4.79 Å². The average molecular weight is 191 g/mol. The quantitative estimate of drug-likeness (QED) is 0.576. The van der Waals surface area contributed by atoms with Crippen LogP contribution < -0.4 is 0 Å². The van der Waals surface area contributed by atoms with Gasteiger partial charge in [-0.2, -0.15) is 0 Å². The van der Waals surface area contributed by atoms with Crippen molar-refractivity contribution in [3.8, 4) is 0 Å². The van der Waals surface area contributed by atoms with E-state index < -0.39 is 23.8 Å². The molecule has 2 atom stereocenters. The number of hydrogen-bond donors (Lipinski definition) is 2. The Labute approximate surface area is 76.0 Å². The van der Waals surface area contributed by atoms with Gasteiger partial charge >= 0.3 is 0 Å². The molecule has 1 heterocycles. The summed E-state index contributed by atoms with van der Waals surface area (Å²) < 4.78 is 13.1. The molecular weight excluding hydrogens is 177 g/mol. The van der Waals surface area contributed by atoms with Gasteiger partial charge in [-0.25, -0.2) is 4.39 Å². The molecule has 1 fully saturated rings. The van der Waals surface area contributed by atoms with Gasteiger partial charge in [0.05, 0.1) is 12.2 Å². The molecule has 76 valence electrons. The molecule has 1 saturated heterocycles. The van der Waals surface area contributed by atoms with Crippen LogP contribution in [0.3, 0.4) is 0 Å². The van der Waals surface area contributed by atoms with E-state index in [2.05, 4.69) is 0 Å². The summed E-state index contributed by atoms with van der Waals surface area (Å²) in [5, 5.41) is 18.2. The first kappa shape index (κ1) is 10.4. The fourth-order valence-electron chi connectivity index (χ4n) is 1.31. The Morgan fingerprint density at radius 1 is 1.38 bits per heavy atom. The second-order valence-corrected chi connectivity index (χ2v) is 3.82. The van der Waals surface area contributed by atoms with E-state index in [1.54, 1.807) is 0 Å². The molecule has 5 heteroatoms. The SMILES string of the molecule is CC(C)(F)C(=O)N1C[C@@H](O)[C@@H](O)C1. The predicted molar refractivity (Wildman–Crippen MR) is 43.8 cm³/mol. The minimum Gasteiger partial charge on any atom is -0.388 e. The van der Waals surface area contributed by atoms with Gasteiger partial charge in [0.15, 0.2) is 5.67 Å². The number of likely N-dealkylation sites (tertiary alicyclic amines) is 1. The van der Waals surface area contributed by atoms with Crippen LogP contribution in [0.4, 0.5) is 4.39 Å². The highest BCUT2D eigenvalue weighted by molar-refractivity contribution is 5.84. The number of amides is 1. The van der Waals surface area contributed by atoms with Crippen LogP contribution in [0.25, 0.3) is 0 Å². The maximum Gasteiger partial charge on any atom is 0.259 e. The van der Waals surface area contributed by atoms with Crippen molar-refractivity contribution in [2.45, 2.75) is 31.7 Å². The number of aliphatic hydroxyl groups is 2. The molecular formula is C8H14FNO3. The van der Waals surface area contributed by atoms with E-state index in [9.17, 15) is 9.18 Å². The van der Waals surface area contributed by atoms with Gasteiger partial charge in [0.25, 0.3) is 5.91 Å². The van der Waals surface area contributed by atoms with Crippen LogP contribution in [0.1, 0.15) is 13.8 Å². The lowest BCUT2D eigenvalue weighted by Crippen LogP contribution is -2.41. The highest BCUT2D eigenvalue weighted by Gasteiger charge is 2.39. The molecule has 0 saturated carbocycles. The molecule has 1 aliphatic heterocycles. The first-order valence-electron chi connectivity index (χ1n) is 4.17. The maximum absolute atomic E-state index is 13.1. The average Bonchev–Trinajstić information content (AvgIpc) is 2.29. The summed E-state index contributed by atoms with van der Waals surface area (Å²) >= 11 is 0. The number of nitrogens with zero attached hydrogens (tertiary/aromatic N) is 1. The van der Waals surface area contributed by atoms with Crippen molar-refractivity contribution in [3.05, 3.63) is 0 Å². The standard InChI is InChI=1S/C8H14FNO3/c1-8(2,9)7(13)10-3-5(11)6(12)4-10/h5-6,11-12H,3-4H2,1-2H3/t5-,6+. The number of carbonyl (C=O) groups excluding carboxylic acids is 1. The Morgan fingerprint density at radius 3 is 2.08 bits per heavy atom. The zero-order valence-corrected chi connectivity index (χ0v) is 7.70. The zero-order chi connectivity index (χ0) is 10.2. The third-order valence-corrected chi connectivity index (χ3v) is 2.05. The van der Waals surface area contributed by atoms with Gasteiger partial charge in [0.1, 0.15) is 0 Å². The van der Waals surface area contributed by atoms with E-state index in [0.29, 0.717) is 0 Å². The number of alkyl halides is 1. The van der Waals surface area contributed by atoms with Crippen molar-refractivity contribution in [3.63, 3.8) is 0 Å². The molecule has 0 aromatic carbocycles. The second-order valence-electron chi connectivity index (χ2n) is 3.82. The van der Waals surface area contributed by atoms with Crippen molar-refractivity contribution >= 4 is 5.91 Å². The number of halogens is 1. The summed E-state index contributed by atoms with van der Waals surface area (Å²) in [7, 11) is 0. The van der Waals surface area contributed by atoms with Crippen molar-refractivity contribution in [2.75, 3.05) is 13.1 Å². The van der Waals surface area contributed by atoms with Gasteiger partial charge in [0, 0.05) is 13.1 Å². The minimum atomic E-state index is -1.94. The molecule has 1 aliphatic rings. The Balaban J connectivity index is 2.61. The molecule has 4 nitrogen and oxygen atoms in total. The Morgan fingerprint density at radius 2 is 1.77 bits per heavy atom. The second kappa shape index (κ2) is 3.23. The largest absolute Gasteiger partial charge is 0.388 e. The van der Waals surface area contributed by atoms with Gasteiger partial charge in [0.2, 0.25) is 0 Å². The predicted octanol–water partition coefficient (Wildman–Crippen LogP) is -0.701. The molecule has 0 spiro atoms. The number of aliphatic hydroxyl groups excluding tert-OH is 2. The summed E-state index contributed by atoms with van der Waals surface area (Å²) in [5.41, 5.74) is -1.94. The summed E-state index contributed by atoms with van der Waals surface area (Å²) in [5.74, 6) is -0.692. The third kappa shape index (κ3) is 2.16. The van der Waals surface area contributed by atoms with Crippen LogP contribution in [-0.4, -0.2) is 52.0 Å². The molecule has 13 heavy (non-hydrogen) atoms. The number of hydrogen-bond acceptors (Lipinski definition) is 3. The molecule has 0 unspecified atom stereocenters. The first-order chi connectivity index (χ1) is 5.82. The zero-order valence-electron chi connectivity index (χ0n) is 7.70. The third-order valence-electron chi connectivity index (χ3n) is 2.05. The van der Waals surface area contributed by atoms with Crippen molar-refractivity contribution in [1.29, 1.82) is 0 Å². The summed E-state index contributed by atoms with van der Waals surface area (Å²) in [4.78, 5) is 12.4. The van der Waals surface area contributed by atoms with Crippen molar-refractivity contribution < 1.29 is 19.4 Å². The number of β-amino-alcohol motifs (C(OH)–C–C–N with tert-alkyl or cyclic N) is 2. The van der Waals surface area contributed by atoms with Gasteiger partial charge in [-0.05, 0) is 13.8 Å². The molecule has 0 bridgehead atoms. The summed E-state index contributed by atoms with van der Waals surface area (Å²) in [6.45, 7) is 2.33. The van der Waals surface area contributed by atoms with E-state index >= 15 is 0 Å². The lowest BCUT2D eigenvalue weighted by Gasteiger charge is -2.22. The molecule has 1 rings (SSSR count). The van der Waals surface area contributed by atoms with Crippen LogP contribution in [0.2, 0.25) is 0 Å². The van der Waals surface area contributed by atoms with E-state index in [1.165, 1.54) is 0 Å². The van der Waals surface area contributed by atoms with Crippen LogP contribution in [0, 0.1) is 0 Å². The molecule has 0 radical (unpaired) electrons. The van der Waals surface area contributed by atoms with Crippen molar-refractivity contribution in [2.24, 2.45) is 0 Å². The van der Waals surface area contributed by atoms with Crippen LogP contribution in [0.15, 0.2) is 0 Å². The molecule has 0 aliphatic carbocycles. The van der Waals surface area contributed by atoms with Gasteiger partial charge in [-0.15, -0.1) is 0 Å². The molecule has 1 amide bonds. The van der Waals surface area contributed by atoms with Crippen LogP contribution >= 0.6 is 0 Å². The Hall–Kier alpha value is -0.680. The molecule has 2 N–H and O–H groups in total. The van der Waals surface area contributed by atoms with E-state index in [-0.39, 0.29) is 13.1 Å². The summed E-state index contributed by atoms with van der Waals surface area (Å²) in [6.07, 6.45) is -1.91. The lowest BCUT2D eigenvalue weighted by molar-refractivity contribution is -0.141. The van der Waals surface area contributed by atoms with Gasteiger partial charge < -0.3 is 15.1 Å². The summed E-state index contributed by atoms with van der Waals surface area (Å²) in [6, 6.07) is 0. The highest BCUT2D eigenvalue weighted by atomic mass is 19.1. The fraction of sp³-hybridized carbons (Fsp3) is 0.875. The number of carbonyl (C=O) groups is 1. The highest BCUT2D eigenvalue weighted by Crippen LogP contribution is 2.18. The monoisotopic (exact) mass is 191 g/mol. The topological polar surface area (TPSA) is 60.8 Å². The maximum atomic E-state index is 13.1. The normalized spacial score (nSPS) is 29.5. The van der Waals surface area contributed by atoms with Crippen LogP contribution in [0.5, 0.6) is 0 Å². The Kier molecular flexibility index (Phi) is 2.58. The smallest absolute Gasteiger partial charge is 0.259 e. The molecule has 0 aromatic heterocycles. The minimum absolute atomic E-state index is 0.00729. The fourth-order valence-corrected chi connectivity index (χ4v) is 1.31.